The summed E-state index contributed by atoms with van der Waals surface area (Å²) in [6.45, 7) is 0.828. The highest BCUT2D eigenvalue weighted by atomic mass is 16.1. The van der Waals surface area contributed by atoms with Crippen LogP contribution in [0, 0.1) is 0 Å². The smallest absolute Gasteiger partial charge is 0.266 e. The second-order valence-corrected chi connectivity index (χ2v) is 5.76. The number of carbonyl (C=O) groups is 1. The topological polar surface area (TPSA) is 89.8 Å². The fraction of sp³-hybridized carbons (Fsp3) is 0.211. The van der Waals surface area contributed by atoms with Gasteiger partial charge in [0.2, 0.25) is 5.91 Å². The quantitative estimate of drug-likeness (QED) is 0.702. The van der Waals surface area contributed by atoms with Gasteiger partial charge < -0.3 is 5.32 Å². The van der Waals surface area contributed by atoms with Crippen molar-refractivity contribution in [2.75, 3.05) is 0 Å². The van der Waals surface area contributed by atoms with Gasteiger partial charge in [-0.1, -0.05) is 6.07 Å². The van der Waals surface area contributed by atoms with Crippen molar-refractivity contribution in [3.8, 4) is 11.3 Å². The molecule has 3 aromatic rings. The Morgan fingerprint density at radius 1 is 1.04 bits per heavy atom. The Labute approximate surface area is 150 Å². The maximum atomic E-state index is 12.0. The van der Waals surface area contributed by atoms with Crippen molar-refractivity contribution in [3.63, 3.8) is 0 Å². The van der Waals surface area contributed by atoms with Gasteiger partial charge in [0.25, 0.3) is 5.56 Å². The Hall–Kier alpha value is -3.35. The summed E-state index contributed by atoms with van der Waals surface area (Å²) in [4.78, 5) is 32.0. The van der Waals surface area contributed by atoms with Gasteiger partial charge in [0.15, 0.2) is 0 Å². The van der Waals surface area contributed by atoms with Crippen LogP contribution in [0.25, 0.3) is 11.3 Å². The van der Waals surface area contributed by atoms with Crippen molar-refractivity contribution in [1.29, 1.82) is 0 Å². The molecular formula is C19H19N5O2. The van der Waals surface area contributed by atoms with Gasteiger partial charge in [-0.3, -0.25) is 19.6 Å². The van der Waals surface area contributed by atoms with Crippen molar-refractivity contribution < 1.29 is 4.79 Å². The number of nitrogens with one attached hydrogen (secondary N) is 1. The Morgan fingerprint density at radius 2 is 1.85 bits per heavy atom. The summed E-state index contributed by atoms with van der Waals surface area (Å²) in [5.41, 5.74) is 2.28. The van der Waals surface area contributed by atoms with Crippen molar-refractivity contribution in [2.45, 2.75) is 25.9 Å². The minimum Gasteiger partial charge on any atom is -0.352 e. The van der Waals surface area contributed by atoms with Crippen LogP contribution >= 0.6 is 0 Å². The molecule has 0 bridgehead atoms. The van der Waals surface area contributed by atoms with Crippen LogP contribution in [0.4, 0.5) is 0 Å². The second kappa shape index (κ2) is 8.66. The maximum Gasteiger partial charge on any atom is 0.266 e. The minimum atomic E-state index is -0.187. The lowest BCUT2D eigenvalue weighted by atomic mass is 10.2. The van der Waals surface area contributed by atoms with Crippen molar-refractivity contribution >= 4 is 5.91 Å². The van der Waals surface area contributed by atoms with Gasteiger partial charge in [-0.05, 0) is 36.2 Å². The monoisotopic (exact) mass is 349 g/mol. The fourth-order valence-electron chi connectivity index (χ4n) is 2.46. The highest BCUT2D eigenvalue weighted by molar-refractivity contribution is 5.75. The van der Waals surface area contributed by atoms with Crippen LogP contribution in [0.2, 0.25) is 0 Å². The molecular weight excluding hydrogens is 330 g/mol. The van der Waals surface area contributed by atoms with Crippen LogP contribution in [0.5, 0.6) is 0 Å². The highest BCUT2D eigenvalue weighted by Crippen LogP contribution is 2.12. The Morgan fingerprint density at radius 3 is 2.58 bits per heavy atom. The van der Waals surface area contributed by atoms with E-state index in [1.807, 2.05) is 24.3 Å². The van der Waals surface area contributed by atoms with Gasteiger partial charge >= 0.3 is 0 Å². The molecule has 3 heterocycles. The Kier molecular flexibility index (Phi) is 5.82. The summed E-state index contributed by atoms with van der Waals surface area (Å²) in [5.74, 6) is -0.0645. The molecule has 0 aromatic carbocycles. The summed E-state index contributed by atoms with van der Waals surface area (Å²) >= 11 is 0. The first kappa shape index (κ1) is 17.5. The van der Waals surface area contributed by atoms with Gasteiger partial charge in [-0.25, -0.2) is 4.68 Å². The van der Waals surface area contributed by atoms with E-state index in [1.165, 1.54) is 10.7 Å². The molecule has 0 unspecified atom stereocenters. The van der Waals surface area contributed by atoms with Gasteiger partial charge in [0, 0.05) is 55.9 Å². The molecule has 0 aliphatic heterocycles. The number of nitrogens with zero attached hydrogens (tertiary/aromatic N) is 4. The highest BCUT2D eigenvalue weighted by Gasteiger charge is 2.06. The van der Waals surface area contributed by atoms with E-state index in [2.05, 4.69) is 20.4 Å². The molecule has 0 spiro atoms. The van der Waals surface area contributed by atoms with E-state index >= 15 is 0 Å². The number of rotatable bonds is 7. The molecule has 7 heteroatoms. The predicted octanol–water partition coefficient (Wildman–Crippen LogP) is 1.80. The van der Waals surface area contributed by atoms with E-state index in [0.29, 0.717) is 31.6 Å². The summed E-state index contributed by atoms with van der Waals surface area (Å²) in [6.07, 6.45) is 7.64. The van der Waals surface area contributed by atoms with Gasteiger partial charge in [0.05, 0.1) is 5.69 Å². The lowest BCUT2D eigenvalue weighted by Gasteiger charge is -2.08. The van der Waals surface area contributed by atoms with E-state index in [9.17, 15) is 9.59 Å². The summed E-state index contributed by atoms with van der Waals surface area (Å²) < 4.78 is 1.39. The SMILES string of the molecule is O=C(CCCn1nc(-c2cccnc2)ccc1=O)NCc1cccnc1. The first-order valence-electron chi connectivity index (χ1n) is 8.36. The first-order valence-corrected chi connectivity index (χ1v) is 8.36. The number of hydrogen-bond donors (Lipinski definition) is 1. The number of amides is 1. The average Bonchev–Trinajstić information content (AvgIpc) is 2.69. The number of pyridine rings is 2. The van der Waals surface area contributed by atoms with Crippen LogP contribution in [-0.2, 0) is 17.9 Å². The molecule has 0 aliphatic carbocycles. The number of aryl methyl sites for hydroxylation is 1. The van der Waals surface area contributed by atoms with Crippen molar-refractivity contribution in [2.24, 2.45) is 0 Å². The number of hydrogen-bond acceptors (Lipinski definition) is 5. The van der Waals surface area contributed by atoms with E-state index in [4.69, 9.17) is 0 Å². The third-order valence-corrected chi connectivity index (χ3v) is 3.81. The van der Waals surface area contributed by atoms with Crippen LogP contribution in [0.3, 0.4) is 0 Å². The summed E-state index contributed by atoms with van der Waals surface area (Å²) in [6, 6.07) is 10.6. The molecule has 0 fully saturated rings. The van der Waals surface area contributed by atoms with Gasteiger partial charge in [-0.2, -0.15) is 5.10 Å². The Balaban J connectivity index is 1.53. The fourth-order valence-corrected chi connectivity index (χ4v) is 2.46. The normalized spacial score (nSPS) is 10.5. The lowest BCUT2D eigenvalue weighted by molar-refractivity contribution is -0.121. The molecule has 0 aliphatic rings. The third kappa shape index (κ3) is 4.83. The molecule has 1 N–H and O–H groups in total. The molecule has 7 nitrogen and oxygen atoms in total. The molecule has 0 saturated carbocycles. The van der Waals surface area contributed by atoms with Crippen molar-refractivity contribution in [3.05, 3.63) is 77.1 Å². The zero-order chi connectivity index (χ0) is 18.2. The van der Waals surface area contributed by atoms with E-state index in [-0.39, 0.29) is 11.5 Å². The summed E-state index contributed by atoms with van der Waals surface area (Å²) in [5, 5.41) is 7.20. The number of aromatic nitrogens is 4. The van der Waals surface area contributed by atoms with Gasteiger partial charge in [0.1, 0.15) is 0 Å². The largest absolute Gasteiger partial charge is 0.352 e. The van der Waals surface area contributed by atoms with Crippen LogP contribution in [0.15, 0.2) is 66.0 Å². The van der Waals surface area contributed by atoms with E-state index in [1.54, 1.807) is 30.9 Å². The standard InChI is InChI=1S/C19H19N5O2/c25-18(22-13-15-4-1-9-20-12-15)6-3-11-24-19(26)8-7-17(23-24)16-5-2-10-21-14-16/h1-2,4-5,7-10,12,14H,3,6,11,13H2,(H,22,25). The molecule has 3 aromatic heterocycles. The lowest BCUT2D eigenvalue weighted by Crippen LogP contribution is -2.25. The second-order valence-electron chi connectivity index (χ2n) is 5.76. The summed E-state index contributed by atoms with van der Waals surface area (Å²) in [7, 11) is 0. The molecule has 0 radical (unpaired) electrons. The van der Waals surface area contributed by atoms with Crippen LogP contribution in [-0.4, -0.2) is 25.7 Å². The molecule has 26 heavy (non-hydrogen) atoms. The van der Waals surface area contributed by atoms with Crippen LogP contribution in [0.1, 0.15) is 18.4 Å². The van der Waals surface area contributed by atoms with Gasteiger partial charge in [-0.15, -0.1) is 0 Å². The molecule has 3 rings (SSSR count). The minimum absolute atomic E-state index is 0.0645. The molecule has 1 amide bonds. The zero-order valence-corrected chi connectivity index (χ0v) is 14.2. The first-order chi connectivity index (χ1) is 12.7. The Bertz CT molecular complexity index is 910. The number of carbonyl (C=O) groups excluding carboxylic acids is 1. The van der Waals surface area contributed by atoms with Crippen molar-refractivity contribution in [1.82, 2.24) is 25.1 Å². The molecule has 0 saturated heterocycles. The maximum absolute atomic E-state index is 12.0. The van der Waals surface area contributed by atoms with E-state index < -0.39 is 0 Å². The average molecular weight is 349 g/mol. The third-order valence-electron chi connectivity index (χ3n) is 3.81. The zero-order valence-electron chi connectivity index (χ0n) is 14.2. The van der Waals surface area contributed by atoms with Crippen LogP contribution < -0.4 is 10.9 Å². The van der Waals surface area contributed by atoms with E-state index in [0.717, 1.165) is 11.1 Å². The predicted molar refractivity (Wildman–Crippen MR) is 97.0 cm³/mol. The molecule has 0 atom stereocenters. The molecule has 132 valence electrons.